The molecular weight excluding hydrogens is 186 g/mol. The molecule has 0 radical (unpaired) electrons. The number of rotatable bonds is 2. The molecule has 12 heavy (non-hydrogen) atoms. The molecule has 3 heteroatoms. The van der Waals surface area contributed by atoms with Crippen LogP contribution in [-0.2, 0) is 0 Å². The largest absolute Gasteiger partial charge is 0.317 e. The average Bonchev–Trinajstić information content (AvgIpc) is 1.82. The highest BCUT2D eigenvalue weighted by Crippen LogP contribution is 2.46. The van der Waals surface area contributed by atoms with Gasteiger partial charge >= 0.3 is 0 Å². The van der Waals surface area contributed by atoms with Gasteiger partial charge in [0.1, 0.15) is 0 Å². The van der Waals surface area contributed by atoms with Crippen LogP contribution in [0.5, 0.6) is 0 Å². The topological polar surface area (TPSA) is 3.24 Å². The first-order valence-electron chi connectivity index (χ1n) is 4.50. The fourth-order valence-corrected chi connectivity index (χ4v) is 6.16. The second-order valence-electron chi connectivity index (χ2n) is 4.97. The Kier molecular flexibility index (Phi) is 3.83. The normalized spacial score (nSPS) is 18.5. The van der Waals surface area contributed by atoms with E-state index in [0.29, 0.717) is 5.54 Å². The molecule has 1 nitrogen and oxygen atoms in total. The summed E-state index contributed by atoms with van der Waals surface area (Å²) in [6, 6.07) is 0. The quantitative estimate of drug-likeness (QED) is 0.496. The summed E-state index contributed by atoms with van der Waals surface area (Å²) in [6.45, 7) is 11.2. The van der Waals surface area contributed by atoms with E-state index in [1.54, 1.807) is 0 Å². The zero-order valence-corrected chi connectivity index (χ0v) is 11.2. The lowest BCUT2D eigenvalue weighted by molar-refractivity contribution is 0.542. The third-order valence-electron chi connectivity index (χ3n) is 2.47. The molecular formula is C9H22ClNSi. The Morgan fingerprint density at radius 3 is 1.50 bits per heavy atom. The van der Waals surface area contributed by atoms with E-state index in [1.807, 2.05) is 0 Å². The van der Waals surface area contributed by atoms with E-state index in [-0.39, 0.29) is 5.04 Å². The second kappa shape index (κ2) is 3.68. The van der Waals surface area contributed by atoms with E-state index in [9.17, 15) is 0 Å². The maximum Gasteiger partial charge on any atom is 0.236 e. The van der Waals surface area contributed by atoms with Crippen molar-refractivity contribution in [3.8, 4) is 0 Å². The van der Waals surface area contributed by atoms with Gasteiger partial charge in [0.25, 0.3) is 0 Å². The summed E-state index contributed by atoms with van der Waals surface area (Å²) in [5, 5.41) is 0.228. The standard InChI is InChI=1S/C9H22ClNSi/c1-8(2)12(10,11(6)7)9(3,4)5/h8H,1-7H3. The minimum Gasteiger partial charge on any atom is -0.317 e. The molecule has 1 unspecified atom stereocenters. The van der Waals surface area contributed by atoms with Crippen molar-refractivity contribution in [1.82, 2.24) is 4.57 Å². The molecule has 1 atom stereocenters. The van der Waals surface area contributed by atoms with Crippen molar-refractivity contribution in [2.24, 2.45) is 0 Å². The summed E-state index contributed by atoms with van der Waals surface area (Å²) in [4.78, 5) is 0. The molecule has 0 spiro atoms. The smallest absolute Gasteiger partial charge is 0.236 e. The number of nitrogens with zero attached hydrogens (tertiary/aromatic N) is 1. The van der Waals surface area contributed by atoms with E-state index in [2.05, 4.69) is 53.3 Å². The van der Waals surface area contributed by atoms with Gasteiger partial charge in [0, 0.05) is 0 Å². The molecule has 74 valence electrons. The molecule has 0 heterocycles. The molecule has 0 saturated heterocycles. The number of halogens is 1. The molecule has 0 aromatic heterocycles. The zero-order valence-electron chi connectivity index (χ0n) is 9.40. The van der Waals surface area contributed by atoms with Gasteiger partial charge in [-0.3, -0.25) is 0 Å². The van der Waals surface area contributed by atoms with Crippen LogP contribution in [0.1, 0.15) is 34.6 Å². The molecule has 0 rings (SSSR count). The van der Waals surface area contributed by atoms with E-state index in [0.717, 1.165) is 0 Å². The summed E-state index contributed by atoms with van der Waals surface area (Å²) >= 11 is 6.75. The predicted molar refractivity (Wildman–Crippen MR) is 60.1 cm³/mol. The highest BCUT2D eigenvalue weighted by molar-refractivity contribution is 7.20. The maximum absolute atomic E-state index is 6.75. The van der Waals surface area contributed by atoms with Crippen LogP contribution >= 0.6 is 11.1 Å². The number of hydrogen-bond acceptors (Lipinski definition) is 1. The molecule has 0 saturated carbocycles. The monoisotopic (exact) mass is 207 g/mol. The van der Waals surface area contributed by atoms with Gasteiger partial charge in [0.05, 0.1) is 0 Å². The minimum absolute atomic E-state index is 0.228. The van der Waals surface area contributed by atoms with Crippen molar-refractivity contribution >= 4 is 18.6 Å². The first-order chi connectivity index (χ1) is 5.14. The van der Waals surface area contributed by atoms with Gasteiger partial charge in [-0.1, -0.05) is 34.6 Å². The van der Waals surface area contributed by atoms with Crippen LogP contribution in [0.2, 0.25) is 10.6 Å². The molecule has 0 N–H and O–H groups in total. The van der Waals surface area contributed by atoms with Gasteiger partial charge in [-0.05, 0) is 24.7 Å². The Morgan fingerprint density at radius 1 is 1.17 bits per heavy atom. The molecule has 0 bridgehead atoms. The molecule has 0 amide bonds. The van der Waals surface area contributed by atoms with Crippen molar-refractivity contribution in [3.63, 3.8) is 0 Å². The van der Waals surface area contributed by atoms with Crippen LogP contribution in [0.4, 0.5) is 0 Å². The van der Waals surface area contributed by atoms with Crippen LogP contribution in [0.15, 0.2) is 0 Å². The summed E-state index contributed by atoms with van der Waals surface area (Å²) in [5.41, 5.74) is 0.578. The summed E-state index contributed by atoms with van der Waals surface area (Å²) in [5.74, 6) is 0. The van der Waals surface area contributed by atoms with Crippen LogP contribution < -0.4 is 0 Å². The Morgan fingerprint density at radius 2 is 1.50 bits per heavy atom. The number of hydrogen-bond donors (Lipinski definition) is 0. The summed E-state index contributed by atoms with van der Waals surface area (Å²) in [6.07, 6.45) is 0. The Balaban J connectivity index is 4.89. The fourth-order valence-electron chi connectivity index (χ4n) is 2.05. The molecule has 0 aromatic rings. The van der Waals surface area contributed by atoms with E-state index >= 15 is 0 Å². The van der Waals surface area contributed by atoms with E-state index in [4.69, 9.17) is 11.1 Å². The van der Waals surface area contributed by atoms with Crippen LogP contribution in [0, 0.1) is 0 Å². The third kappa shape index (κ3) is 2.04. The average molecular weight is 208 g/mol. The van der Waals surface area contributed by atoms with Crippen molar-refractivity contribution in [2.45, 2.75) is 45.2 Å². The van der Waals surface area contributed by atoms with E-state index in [1.165, 1.54) is 0 Å². The SMILES string of the molecule is CC(C)[Si](Cl)(N(C)C)C(C)(C)C. The molecule has 0 aromatic carbocycles. The van der Waals surface area contributed by atoms with Crippen molar-refractivity contribution in [2.75, 3.05) is 14.1 Å². The summed E-state index contributed by atoms with van der Waals surface area (Å²) in [7, 11) is 2.40. The van der Waals surface area contributed by atoms with Gasteiger partial charge in [0.2, 0.25) is 7.55 Å². The first kappa shape index (κ1) is 12.5. The summed E-state index contributed by atoms with van der Waals surface area (Å²) < 4.78 is 2.25. The Labute approximate surface area is 82.9 Å². The lowest BCUT2D eigenvalue weighted by atomic mass is 10.2. The van der Waals surface area contributed by atoms with Crippen molar-refractivity contribution in [3.05, 3.63) is 0 Å². The van der Waals surface area contributed by atoms with Gasteiger partial charge in [-0.25, -0.2) is 0 Å². The highest BCUT2D eigenvalue weighted by atomic mass is 35.6. The highest BCUT2D eigenvalue weighted by Gasteiger charge is 2.48. The van der Waals surface area contributed by atoms with Gasteiger partial charge in [-0.15, -0.1) is 11.1 Å². The molecule has 0 aliphatic rings. The van der Waals surface area contributed by atoms with Gasteiger partial charge in [-0.2, -0.15) is 0 Å². The molecule has 0 aliphatic carbocycles. The Hall–Kier alpha value is 0.467. The first-order valence-corrected chi connectivity index (χ1v) is 7.54. The van der Waals surface area contributed by atoms with Gasteiger partial charge in [0.15, 0.2) is 0 Å². The van der Waals surface area contributed by atoms with Crippen molar-refractivity contribution in [1.29, 1.82) is 0 Å². The minimum atomic E-state index is -1.80. The van der Waals surface area contributed by atoms with Crippen LogP contribution in [0.3, 0.4) is 0 Å². The second-order valence-corrected chi connectivity index (χ2v) is 11.6. The van der Waals surface area contributed by atoms with Gasteiger partial charge < -0.3 is 4.57 Å². The lowest BCUT2D eigenvalue weighted by Gasteiger charge is -2.45. The van der Waals surface area contributed by atoms with E-state index < -0.39 is 7.55 Å². The maximum atomic E-state index is 6.75. The van der Waals surface area contributed by atoms with Crippen molar-refractivity contribution < 1.29 is 0 Å². The zero-order chi connectivity index (χ0) is 10.2. The molecule has 0 aliphatic heterocycles. The predicted octanol–water partition coefficient (Wildman–Crippen LogP) is 3.44. The van der Waals surface area contributed by atoms with Crippen LogP contribution in [-0.4, -0.2) is 26.2 Å². The Bertz CT molecular complexity index is 141. The lowest BCUT2D eigenvalue weighted by Crippen LogP contribution is -2.54. The fraction of sp³-hybridized carbons (Fsp3) is 1.00. The third-order valence-corrected chi connectivity index (χ3v) is 11.4. The molecule has 0 fully saturated rings. The van der Waals surface area contributed by atoms with Crippen LogP contribution in [0.25, 0.3) is 0 Å².